The van der Waals surface area contributed by atoms with Gasteiger partial charge < -0.3 is 4.74 Å². The summed E-state index contributed by atoms with van der Waals surface area (Å²) in [5.74, 6) is 0.952. The van der Waals surface area contributed by atoms with Crippen molar-refractivity contribution >= 4 is 12.4 Å². The van der Waals surface area contributed by atoms with Gasteiger partial charge in [0.25, 0.3) is 0 Å². The third-order valence-electron chi connectivity index (χ3n) is 2.47. The van der Waals surface area contributed by atoms with Gasteiger partial charge in [0.15, 0.2) is 0 Å². The maximum absolute atomic E-state index is 5.62. The normalized spacial score (nSPS) is 11.7. The van der Waals surface area contributed by atoms with Crippen LogP contribution in [0.3, 0.4) is 0 Å². The first-order valence-corrected chi connectivity index (χ1v) is 4.60. The lowest BCUT2D eigenvalue weighted by atomic mass is 10.00. The maximum atomic E-state index is 5.62. The molecule has 0 N–H and O–H groups in total. The van der Waals surface area contributed by atoms with Gasteiger partial charge in [-0.25, -0.2) is 0 Å². The van der Waals surface area contributed by atoms with Crippen LogP contribution in [-0.2, 0) is 6.61 Å². The van der Waals surface area contributed by atoms with E-state index in [0.29, 0.717) is 6.61 Å². The molecule has 15 heavy (non-hydrogen) atoms. The molecular weight excluding hydrogens is 210 g/mol. The summed E-state index contributed by atoms with van der Waals surface area (Å²) in [7, 11) is 0. The Morgan fingerprint density at radius 2 is 1.93 bits per heavy atom. The summed E-state index contributed by atoms with van der Waals surface area (Å²) in [6, 6.07) is 10.1. The maximum Gasteiger partial charge on any atom is 0.127 e. The first-order chi connectivity index (χ1) is 6.95. The molecule has 3 rings (SSSR count). The third kappa shape index (κ3) is 1.57. The second-order valence-corrected chi connectivity index (χ2v) is 3.32. The minimum absolute atomic E-state index is 0. The van der Waals surface area contributed by atoms with E-state index in [1.165, 1.54) is 11.1 Å². The zero-order valence-electron chi connectivity index (χ0n) is 8.01. The quantitative estimate of drug-likeness (QED) is 0.680. The largest absolute Gasteiger partial charge is 0.488 e. The molecular formula is C12H10ClNO. The number of hydrogen-bond acceptors (Lipinski definition) is 2. The van der Waals surface area contributed by atoms with Crippen LogP contribution in [0.25, 0.3) is 11.1 Å². The number of fused-ring (bicyclic) bond motifs is 3. The number of aromatic nitrogens is 1. The molecule has 0 atom stereocenters. The molecule has 0 fully saturated rings. The Balaban J connectivity index is 0.000000853. The fourth-order valence-corrected chi connectivity index (χ4v) is 1.76. The highest BCUT2D eigenvalue weighted by Gasteiger charge is 2.15. The number of rotatable bonds is 0. The van der Waals surface area contributed by atoms with Crippen LogP contribution in [0, 0.1) is 0 Å². The molecule has 1 aromatic heterocycles. The van der Waals surface area contributed by atoms with Gasteiger partial charge in [-0.1, -0.05) is 18.2 Å². The Bertz CT molecular complexity index is 439. The van der Waals surface area contributed by atoms with Crippen molar-refractivity contribution in [2.75, 3.05) is 0 Å². The molecule has 0 saturated carbocycles. The zero-order valence-corrected chi connectivity index (χ0v) is 8.83. The molecule has 1 aliphatic rings. The number of pyridine rings is 1. The van der Waals surface area contributed by atoms with E-state index in [-0.39, 0.29) is 12.4 Å². The van der Waals surface area contributed by atoms with Gasteiger partial charge in [0, 0.05) is 29.1 Å². The average molecular weight is 220 g/mol. The van der Waals surface area contributed by atoms with E-state index in [2.05, 4.69) is 11.1 Å². The lowest BCUT2D eigenvalue weighted by Gasteiger charge is -2.19. The summed E-state index contributed by atoms with van der Waals surface area (Å²) in [5.41, 5.74) is 3.54. The van der Waals surface area contributed by atoms with E-state index in [0.717, 1.165) is 11.3 Å². The Hall–Kier alpha value is -1.54. The molecule has 0 saturated heterocycles. The van der Waals surface area contributed by atoms with Crippen LogP contribution in [0.2, 0.25) is 0 Å². The number of nitrogens with zero attached hydrogens (tertiary/aromatic N) is 1. The first-order valence-electron chi connectivity index (χ1n) is 4.60. The van der Waals surface area contributed by atoms with Crippen molar-refractivity contribution in [1.82, 2.24) is 4.98 Å². The van der Waals surface area contributed by atoms with Crippen LogP contribution < -0.4 is 4.74 Å². The van der Waals surface area contributed by atoms with Crippen LogP contribution in [-0.4, -0.2) is 4.98 Å². The van der Waals surface area contributed by atoms with Gasteiger partial charge in [-0.05, 0) is 12.1 Å². The topological polar surface area (TPSA) is 22.1 Å². The SMILES string of the molecule is Cl.c1ccc2c(c1)OCc1ccncc1-2. The summed E-state index contributed by atoms with van der Waals surface area (Å²) >= 11 is 0. The molecule has 2 aromatic rings. The number of hydrogen-bond donors (Lipinski definition) is 0. The van der Waals surface area contributed by atoms with Crippen molar-refractivity contribution in [2.45, 2.75) is 6.61 Å². The molecule has 0 amide bonds. The molecule has 2 heterocycles. The van der Waals surface area contributed by atoms with Gasteiger partial charge >= 0.3 is 0 Å². The average Bonchev–Trinajstić information content (AvgIpc) is 2.29. The summed E-state index contributed by atoms with van der Waals surface area (Å²) in [5, 5.41) is 0. The van der Waals surface area contributed by atoms with Gasteiger partial charge in [-0.3, -0.25) is 4.98 Å². The van der Waals surface area contributed by atoms with Crippen molar-refractivity contribution in [3.63, 3.8) is 0 Å². The molecule has 3 heteroatoms. The zero-order chi connectivity index (χ0) is 9.38. The summed E-state index contributed by atoms with van der Waals surface area (Å²) in [6.07, 6.45) is 3.70. The number of benzene rings is 1. The fraction of sp³-hybridized carbons (Fsp3) is 0.0833. The standard InChI is InChI=1S/C12H9NO.ClH/c1-2-4-12-10(3-1)11-7-13-6-5-9(11)8-14-12;/h1-7H,8H2;1H. The number of para-hydroxylation sites is 1. The van der Waals surface area contributed by atoms with Crippen LogP contribution in [0.4, 0.5) is 0 Å². The van der Waals surface area contributed by atoms with Gasteiger partial charge in [-0.2, -0.15) is 0 Å². The molecule has 2 nitrogen and oxygen atoms in total. The molecule has 0 spiro atoms. The van der Waals surface area contributed by atoms with Crippen LogP contribution in [0.15, 0.2) is 42.7 Å². The predicted molar refractivity (Wildman–Crippen MR) is 61.3 cm³/mol. The van der Waals surface area contributed by atoms with Crippen LogP contribution >= 0.6 is 12.4 Å². The molecule has 0 unspecified atom stereocenters. The Labute approximate surface area is 94.3 Å². The molecule has 0 radical (unpaired) electrons. The number of halogens is 1. The third-order valence-corrected chi connectivity index (χ3v) is 2.47. The summed E-state index contributed by atoms with van der Waals surface area (Å²) in [6.45, 7) is 0.648. The minimum atomic E-state index is 0. The highest BCUT2D eigenvalue weighted by molar-refractivity contribution is 5.85. The van der Waals surface area contributed by atoms with Crippen molar-refractivity contribution in [2.24, 2.45) is 0 Å². The molecule has 1 aromatic carbocycles. The molecule has 0 bridgehead atoms. The van der Waals surface area contributed by atoms with E-state index in [1.54, 1.807) is 6.20 Å². The second-order valence-electron chi connectivity index (χ2n) is 3.32. The lowest BCUT2D eigenvalue weighted by molar-refractivity contribution is 0.302. The van der Waals surface area contributed by atoms with Gasteiger partial charge in [0.1, 0.15) is 12.4 Å². The van der Waals surface area contributed by atoms with E-state index in [1.807, 2.05) is 30.5 Å². The summed E-state index contributed by atoms with van der Waals surface area (Å²) in [4.78, 5) is 4.14. The van der Waals surface area contributed by atoms with E-state index >= 15 is 0 Å². The van der Waals surface area contributed by atoms with Crippen LogP contribution in [0.1, 0.15) is 5.56 Å². The van der Waals surface area contributed by atoms with Crippen molar-refractivity contribution < 1.29 is 4.74 Å². The molecule has 0 aliphatic carbocycles. The smallest absolute Gasteiger partial charge is 0.127 e. The lowest BCUT2D eigenvalue weighted by Crippen LogP contribution is -2.05. The molecule has 1 aliphatic heterocycles. The highest BCUT2D eigenvalue weighted by atomic mass is 35.5. The van der Waals surface area contributed by atoms with Crippen molar-refractivity contribution in [1.29, 1.82) is 0 Å². The van der Waals surface area contributed by atoms with E-state index in [9.17, 15) is 0 Å². The van der Waals surface area contributed by atoms with Crippen molar-refractivity contribution in [3.05, 3.63) is 48.3 Å². The van der Waals surface area contributed by atoms with Gasteiger partial charge in [0.05, 0.1) is 0 Å². The fourth-order valence-electron chi connectivity index (χ4n) is 1.76. The minimum Gasteiger partial charge on any atom is -0.488 e. The highest BCUT2D eigenvalue weighted by Crippen LogP contribution is 2.36. The summed E-state index contributed by atoms with van der Waals surface area (Å²) < 4.78 is 5.62. The first kappa shape index (κ1) is 9.99. The Kier molecular flexibility index (Phi) is 2.60. The predicted octanol–water partition coefficient (Wildman–Crippen LogP) is 3.06. The monoisotopic (exact) mass is 219 g/mol. The molecule has 76 valence electrons. The van der Waals surface area contributed by atoms with Crippen molar-refractivity contribution in [3.8, 4) is 16.9 Å². The van der Waals surface area contributed by atoms with Gasteiger partial charge in [0.2, 0.25) is 0 Å². The second kappa shape index (κ2) is 3.91. The van der Waals surface area contributed by atoms with Gasteiger partial charge in [-0.15, -0.1) is 12.4 Å². The van der Waals surface area contributed by atoms with Crippen LogP contribution in [0.5, 0.6) is 5.75 Å². The Morgan fingerprint density at radius 3 is 2.87 bits per heavy atom. The Morgan fingerprint density at radius 1 is 1.07 bits per heavy atom. The van der Waals surface area contributed by atoms with E-state index in [4.69, 9.17) is 4.74 Å². The number of ether oxygens (including phenoxy) is 1. The van der Waals surface area contributed by atoms with E-state index < -0.39 is 0 Å².